The van der Waals surface area contributed by atoms with Crippen molar-refractivity contribution >= 4 is 17.9 Å². The Labute approximate surface area is 112 Å². The van der Waals surface area contributed by atoms with Gasteiger partial charge in [-0.25, -0.2) is 14.4 Å². The fourth-order valence-corrected chi connectivity index (χ4v) is 0.289. The minimum atomic E-state index is -0.981. The average Bonchev–Trinajstić information content (AvgIpc) is 2.37. The van der Waals surface area contributed by atoms with Crippen LogP contribution in [0.4, 0.5) is 0 Å². The van der Waals surface area contributed by atoms with Crippen molar-refractivity contribution in [1.29, 1.82) is 0 Å². The van der Waals surface area contributed by atoms with Gasteiger partial charge in [-0.05, 0) is 13.3 Å². The van der Waals surface area contributed by atoms with Crippen LogP contribution in [0, 0.1) is 0 Å². The first kappa shape index (κ1) is 21.9. The van der Waals surface area contributed by atoms with Crippen LogP contribution >= 0.6 is 0 Å². The van der Waals surface area contributed by atoms with E-state index >= 15 is 0 Å². The number of carbonyl (C=O) groups excluding carboxylic acids is 1. The highest BCUT2D eigenvalue weighted by atomic mass is 16.5. The molecule has 0 aromatic heterocycles. The van der Waals surface area contributed by atoms with E-state index in [1.54, 1.807) is 0 Å². The molecule has 0 heterocycles. The minimum Gasteiger partial charge on any atom is -0.478 e. The van der Waals surface area contributed by atoms with Crippen LogP contribution in [0.3, 0.4) is 0 Å². The Balaban J connectivity index is -0.000000209. The average molecular weight is 272 g/mol. The highest BCUT2D eigenvalue weighted by Crippen LogP contribution is 1.96. The Bertz CT molecular complexity index is 328. The monoisotopic (exact) mass is 272 g/mol. The quantitative estimate of drug-likeness (QED) is 0.600. The van der Waals surface area contributed by atoms with Gasteiger partial charge in [-0.3, -0.25) is 0 Å². The van der Waals surface area contributed by atoms with Gasteiger partial charge in [-0.15, -0.1) is 0 Å². The number of methoxy groups -OCH3 is 1. The van der Waals surface area contributed by atoms with Crippen molar-refractivity contribution in [1.82, 2.24) is 0 Å². The molecule has 0 saturated carbocycles. The molecule has 6 heteroatoms. The van der Waals surface area contributed by atoms with E-state index in [1.807, 2.05) is 6.92 Å². The number of carbonyl (C=O) groups is 3. The summed E-state index contributed by atoms with van der Waals surface area (Å²) in [6, 6.07) is 0. The van der Waals surface area contributed by atoms with Crippen LogP contribution in [0.15, 0.2) is 37.0 Å². The first-order chi connectivity index (χ1) is 8.63. The molecule has 0 saturated heterocycles. The number of rotatable bonds is 4. The van der Waals surface area contributed by atoms with E-state index in [4.69, 9.17) is 10.2 Å². The number of esters is 1. The lowest BCUT2D eigenvalue weighted by Gasteiger charge is -1.95. The molecule has 0 bridgehead atoms. The van der Waals surface area contributed by atoms with E-state index < -0.39 is 11.9 Å². The van der Waals surface area contributed by atoms with Gasteiger partial charge < -0.3 is 14.9 Å². The van der Waals surface area contributed by atoms with Crippen LogP contribution in [0.5, 0.6) is 0 Å². The first-order valence-electron chi connectivity index (χ1n) is 5.14. The largest absolute Gasteiger partial charge is 0.478 e. The van der Waals surface area contributed by atoms with Crippen molar-refractivity contribution in [2.45, 2.75) is 20.3 Å². The number of hydrogen-bond donors (Lipinski definition) is 2. The highest BCUT2D eigenvalue weighted by molar-refractivity contribution is 5.87. The second-order valence-corrected chi connectivity index (χ2v) is 3.08. The molecular weight excluding hydrogens is 252 g/mol. The summed E-state index contributed by atoms with van der Waals surface area (Å²) < 4.78 is 4.36. The Hall–Kier alpha value is -2.37. The van der Waals surface area contributed by atoms with Gasteiger partial charge >= 0.3 is 17.9 Å². The van der Waals surface area contributed by atoms with Crippen LogP contribution in [-0.4, -0.2) is 35.2 Å². The molecule has 0 aromatic rings. The third-order valence-electron chi connectivity index (χ3n) is 1.44. The first-order valence-corrected chi connectivity index (χ1v) is 5.14. The topological polar surface area (TPSA) is 101 Å². The van der Waals surface area contributed by atoms with E-state index in [-0.39, 0.29) is 11.5 Å². The van der Waals surface area contributed by atoms with Gasteiger partial charge in [0.25, 0.3) is 0 Å². The van der Waals surface area contributed by atoms with Crippen molar-refractivity contribution in [2.75, 3.05) is 7.11 Å². The SMILES string of the molecule is C=C(C)C(=O)O.C=C(CC)C(=O)OC.C=CC(=O)O. The zero-order chi connectivity index (χ0) is 16.0. The summed E-state index contributed by atoms with van der Waals surface area (Å²) in [5.41, 5.74) is 0.697. The number of carboxylic acids is 2. The summed E-state index contributed by atoms with van der Waals surface area (Å²) in [6.45, 7) is 12.9. The van der Waals surface area contributed by atoms with Crippen molar-refractivity contribution in [3.63, 3.8) is 0 Å². The summed E-state index contributed by atoms with van der Waals surface area (Å²) in [6.07, 6.45) is 1.49. The van der Waals surface area contributed by atoms with E-state index in [9.17, 15) is 14.4 Å². The standard InChI is InChI=1S/C6H10O2.C4H6O2.C3H4O2/c1-4-5(2)6(7)8-3;1-3(2)4(5)6;1-2-3(4)5/h2,4H2,1,3H3;1H2,2H3,(H,5,6);2H,1H2,(H,4,5). The van der Waals surface area contributed by atoms with Gasteiger partial charge in [-0.1, -0.05) is 26.7 Å². The number of hydrogen-bond acceptors (Lipinski definition) is 4. The Kier molecular flexibility index (Phi) is 15.8. The Morgan fingerprint density at radius 1 is 1.21 bits per heavy atom. The van der Waals surface area contributed by atoms with Crippen molar-refractivity contribution in [3.8, 4) is 0 Å². The minimum absolute atomic E-state index is 0.176. The maximum Gasteiger partial charge on any atom is 0.333 e. The predicted octanol–water partition coefficient (Wildman–Crippen LogP) is 2.03. The second-order valence-electron chi connectivity index (χ2n) is 3.08. The van der Waals surface area contributed by atoms with Gasteiger partial charge in [-0.2, -0.15) is 0 Å². The molecule has 0 amide bonds. The molecule has 0 aliphatic carbocycles. The molecule has 0 unspecified atom stereocenters. The number of carboxylic acid groups (broad SMARTS) is 2. The van der Waals surface area contributed by atoms with Gasteiger partial charge in [0.1, 0.15) is 0 Å². The Morgan fingerprint density at radius 2 is 1.53 bits per heavy atom. The maximum atomic E-state index is 10.4. The summed E-state index contributed by atoms with van der Waals surface area (Å²) >= 11 is 0. The molecule has 0 atom stereocenters. The lowest BCUT2D eigenvalue weighted by molar-refractivity contribution is -0.136. The highest BCUT2D eigenvalue weighted by Gasteiger charge is 2.00. The fourth-order valence-electron chi connectivity index (χ4n) is 0.289. The van der Waals surface area contributed by atoms with E-state index in [1.165, 1.54) is 14.0 Å². The van der Waals surface area contributed by atoms with Crippen LogP contribution in [0.2, 0.25) is 0 Å². The third-order valence-corrected chi connectivity index (χ3v) is 1.44. The van der Waals surface area contributed by atoms with Crippen LogP contribution < -0.4 is 0 Å². The van der Waals surface area contributed by atoms with Crippen molar-refractivity contribution < 1.29 is 29.3 Å². The fraction of sp³-hybridized carbons (Fsp3) is 0.308. The molecule has 0 aromatic carbocycles. The molecule has 0 fully saturated rings. The van der Waals surface area contributed by atoms with Crippen molar-refractivity contribution in [2.24, 2.45) is 0 Å². The van der Waals surface area contributed by atoms with Crippen molar-refractivity contribution in [3.05, 3.63) is 37.0 Å². The summed E-state index contributed by atoms with van der Waals surface area (Å²) in [5, 5.41) is 15.5. The predicted molar refractivity (Wildman–Crippen MR) is 71.7 cm³/mol. The normalized spacial score (nSPS) is 7.53. The van der Waals surface area contributed by atoms with Gasteiger partial charge in [0.15, 0.2) is 0 Å². The molecule has 0 rings (SSSR count). The molecule has 0 spiro atoms. The molecule has 19 heavy (non-hydrogen) atoms. The van der Waals surface area contributed by atoms with Crippen LogP contribution in [0.1, 0.15) is 20.3 Å². The summed E-state index contributed by atoms with van der Waals surface area (Å²) in [7, 11) is 1.35. The Morgan fingerprint density at radius 3 is 1.58 bits per heavy atom. The van der Waals surface area contributed by atoms with Gasteiger partial charge in [0.2, 0.25) is 0 Å². The zero-order valence-corrected chi connectivity index (χ0v) is 11.4. The van der Waals surface area contributed by atoms with E-state index in [0.29, 0.717) is 12.0 Å². The van der Waals surface area contributed by atoms with E-state index in [2.05, 4.69) is 24.5 Å². The summed E-state index contributed by atoms with van der Waals surface area (Å²) in [5.74, 6) is -2.23. The molecule has 6 nitrogen and oxygen atoms in total. The van der Waals surface area contributed by atoms with Gasteiger partial charge in [0.05, 0.1) is 7.11 Å². The molecular formula is C13H20O6. The zero-order valence-electron chi connectivity index (χ0n) is 11.4. The van der Waals surface area contributed by atoms with E-state index in [0.717, 1.165) is 6.08 Å². The number of aliphatic carboxylic acids is 2. The molecule has 0 radical (unpaired) electrons. The molecule has 0 aliphatic rings. The summed E-state index contributed by atoms with van der Waals surface area (Å²) in [4.78, 5) is 29.3. The number of ether oxygens (including phenoxy) is 1. The lowest BCUT2D eigenvalue weighted by atomic mass is 10.2. The lowest BCUT2D eigenvalue weighted by Crippen LogP contribution is -2.01. The van der Waals surface area contributed by atoms with Gasteiger partial charge in [0, 0.05) is 17.2 Å². The maximum absolute atomic E-state index is 10.4. The third kappa shape index (κ3) is 21.5. The van der Waals surface area contributed by atoms with Crippen LogP contribution in [-0.2, 0) is 19.1 Å². The smallest absolute Gasteiger partial charge is 0.333 e. The molecule has 0 aliphatic heterocycles. The molecule has 108 valence electrons. The van der Waals surface area contributed by atoms with Crippen LogP contribution in [0.25, 0.3) is 0 Å². The molecule has 2 N–H and O–H groups in total. The second kappa shape index (κ2) is 13.7.